The Morgan fingerprint density at radius 3 is 2.78 bits per heavy atom. The van der Waals surface area contributed by atoms with Gasteiger partial charge in [-0.25, -0.2) is 9.78 Å². The minimum atomic E-state index is -0.499. The van der Waals surface area contributed by atoms with E-state index >= 15 is 0 Å². The average molecular weight is 251 g/mol. The first-order chi connectivity index (χ1) is 8.42. The molecule has 0 atom stereocenters. The van der Waals surface area contributed by atoms with Crippen molar-refractivity contribution in [2.24, 2.45) is 5.73 Å². The van der Waals surface area contributed by atoms with Gasteiger partial charge in [0.25, 0.3) is 0 Å². The zero-order valence-corrected chi connectivity index (χ0v) is 11.3. The van der Waals surface area contributed by atoms with Gasteiger partial charge in [0.1, 0.15) is 5.60 Å². The lowest BCUT2D eigenvalue weighted by molar-refractivity contribution is 0.00494. The lowest BCUT2D eigenvalue weighted by Gasteiger charge is -2.21. The molecule has 100 valence electrons. The summed E-state index contributed by atoms with van der Waals surface area (Å²) >= 11 is 0. The highest BCUT2D eigenvalue weighted by atomic mass is 16.6. The Kier molecular flexibility index (Phi) is 3.43. The quantitative estimate of drug-likeness (QED) is 0.811. The van der Waals surface area contributed by atoms with Gasteiger partial charge in [-0.05, 0) is 40.0 Å². The Hall–Kier alpha value is -1.36. The normalized spacial score (nSPS) is 15.3. The predicted molar refractivity (Wildman–Crippen MR) is 68.2 cm³/mol. The number of hydrogen-bond acceptors (Lipinski definition) is 4. The van der Waals surface area contributed by atoms with Gasteiger partial charge in [-0.3, -0.25) is 0 Å². The molecule has 0 bridgehead atoms. The van der Waals surface area contributed by atoms with Crippen molar-refractivity contribution < 1.29 is 9.53 Å². The van der Waals surface area contributed by atoms with E-state index in [4.69, 9.17) is 10.5 Å². The Morgan fingerprint density at radius 1 is 1.44 bits per heavy atom. The van der Waals surface area contributed by atoms with Gasteiger partial charge in [0.05, 0.1) is 5.69 Å². The molecule has 0 fully saturated rings. The van der Waals surface area contributed by atoms with Gasteiger partial charge in [-0.15, -0.1) is 0 Å². The minimum Gasteiger partial charge on any atom is -0.454 e. The van der Waals surface area contributed by atoms with Crippen LogP contribution in [0.3, 0.4) is 0 Å². The molecule has 0 saturated carbocycles. The maximum Gasteiger partial charge on any atom is 0.375 e. The van der Waals surface area contributed by atoms with Crippen molar-refractivity contribution in [3.8, 4) is 0 Å². The molecule has 2 rings (SSSR count). The van der Waals surface area contributed by atoms with Gasteiger partial charge >= 0.3 is 5.97 Å². The molecule has 1 aromatic heterocycles. The van der Waals surface area contributed by atoms with E-state index in [0.717, 1.165) is 37.2 Å². The number of hydrogen-bond donors (Lipinski definition) is 1. The van der Waals surface area contributed by atoms with Gasteiger partial charge < -0.3 is 15.0 Å². The topological polar surface area (TPSA) is 70.1 Å². The van der Waals surface area contributed by atoms with Gasteiger partial charge in [-0.1, -0.05) is 0 Å². The standard InChI is InChI=1S/C13H21N3O2/c1-13(2,3)18-12(17)11-15-9(8-14)10-6-4-5-7-16(10)11/h4-8,14H2,1-3H3. The number of imidazole rings is 1. The molecular weight excluding hydrogens is 230 g/mol. The van der Waals surface area contributed by atoms with Crippen LogP contribution >= 0.6 is 0 Å². The van der Waals surface area contributed by atoms with E-state index in [0.29, 0.717) is 12.4 Å². The average Bonchev–Trinajstić information content (AvgIpc) is 2.65. The van der Waals surface area contributed by atoms with Crippen molar-refractivity contribution in [3.63, 3.8) is 0 Å². The first kappa shape index (κ1) is 13.1. The van der Waals surface area contributed by atoms with E-state index < -0.39 is 5.60 Å². The second-order valence-corrected chi connectivity index (χ2v) is 5.64. The smallest absolute Gasteiger partial charge is 0.375 e. The van der Waals surface area contributed by atoms with Gasteiger partial charge in [-0.2, -0.15) is 0 Å². The third-order valence-electron chi connectivity index (χ3n) is 2.98. The van der Waals surface area contributed by atoms with E-state index in [9.17, 15) is 4.79 Å². The largest absolute Gasteiger partial charge is 0.454 e. The molecule has 5 nitrogen and oxygen atoms in total. The maximum atomic E-state index is 12.1. The summed E-state index contributed by atoms with van der Waals surface area (Å²) in [5.74, 6) is 0.0467. The summed E-state index contributed by atoms with van der Waals surface area (Å²) in [5, 5.41) is 0. The van der Waals surface area contributed by atoms with Crippen LogP contribution in [0.2, 0.25) is 0 Å². The first-order valence-electron chi connectivity index (χ1n) is 6.44. The molecule has 2 heterocycles. The van der Waals surface area contributed by atoms with Crippen molar-refractivity contribution >= 4 is 5.97 Å². The van der Waals surface area contributed by atoms with E-state index in [1.165, 1.54) is 0 Å². The number of fused-ring (bicyclic) bond motifs is 1. The molecule has 1 aliphatic rings. The second-order valence-electron chi connectivity index (χ2n) is 5.64. The SMILES string of the molecule is CC(C)(C)OC(=O)c1nc(CN)c2n1CCCC2. The molecule has 0 aliphatic carbocycles. The summed E-state index contributed by atoms with van der Waals surface area (Å²) in [6.45, 7) is 6.77. The Balaban J connectivity index is 2.33. The monoisotopic (exact) mass is 251 g/mol. The Labute approximate surface area is 107 Å². The molecule has 5 heteroatoms. The van der Waals surface area contributed by atoms with Crippen molar-refractivity contribution in [2.75, 3.05) is 0 Å². The van der Waals surface area contributed by atoms with Gasteiger partial charge in [0.2, 0.25) is 5.82 Å². The molecule has 0 unspecified atom stereocenters. The highest BCUT2D eigenvalue weighted by Crippen LogP contribution is 2.22. The van der Waals surface area contributed by atoms with Crippen molar-refractivity contribution in [3.05, 3.63) is 17.2 Å². The van der Waals surface area contributed by atoms with Crippen LogP contribution in [-0.2, 0) is 24.2 Å². The van der Waals surface area contributed by atoms with Gasteiger partial charge in [0, 0.05) is 18.8 Å². The molecule has 0 spiro atoms. The highest BCUT2D eigenvalue weighted by Gasteiger charge is 2.27. The van der Waals surface area contributed by atoms with Crippen LogP contribution in [0.25, 0.3) is 0 Å². The molecule has 0 saturated heterocycles. The molecule has 18 heavy (non-hydrogen) atoms. The van der Waals surface area contributed by atoms with E-state index in [1.54, 1.807) is 0 Å². The fourth-order valence-corrected chi connectivity index (χ4v) is 2.26. The van der Waals surface area contributed by atoms with Crippen LogP contribution in [0, 0.1) is 0 Å². The number of esters is 1. The van der Waals surface area contributed by atoms with E-state index in [2.05, 4.69) is 4.98 Å². The van der Waals surface area contributed by atoms with Crippen LogP contribution in [0.1, 0.15) is 55.6 Å². The molecule has 2 N–H and O–H groups in total. The molecule has 0 amide bonds. The third-order valence-corrected chi connectivity index (χ3v) is 2.98. The Bertz CT molecular complexity index is 458. The number of carbonyl (C=O) groups excluding carboxylic acids is 1. The summed E-state index contributed by atoms with van der Waals surface area (Å²) in [5.41, 5.74) is 7.12. The van der Waals surface area contributed by atoms with Crippen molar-refractivity contribution in [2.45, 2.75) is 58.7 Å². The third kappa shape index (κ3) is 2.56. The Morgan fingerprint density at radius 2 is 2.17 bits per heavy atom. The number of nitrogens with two attached hydrogens (primary N) is 1. The molecule has 1 aromatic rings. The first-order valence-corrected chi connectivity index (χ1v) is 6.44. The summed E-state index contributed by atoms with van der Waals surface area (Å²) in [6, 6.07) is 0. The lowest BCUT2D eigenvalue weighted by Crippen LogP contribution is -2.27. The molecule has 0 radical (unpaired) electrons. The second kappa shape index (κ2) is 4.72. The summed E-state index contributed by atoms with van der Waals surface area (Å²) in [7, 11) is 0. The summed E-state index contributed by atoms with van der Waals surface area (Å²) < 4.78 is 7.36. The highest BCUT2D eigenvalue weighted by molar-refractivity contribution is 5.86. The van der Waals surface area contributed by atoms with Crippen LogP contribution in [-0.4, -0.2) is 21.1 Å². The van der Waals surface area contributed by atoms with Crippen LogP contribution < -0.4 is 5.73 Å². The molecule has 1 aliphatic heterocycles. The number of carbonyl (C=O) groups is 1. The summed E-state index contributed by atoms with van der Waals surface area (Å²) in [6.07, 6.45) is 3.15. The van der Waals surface area contributed by atoms with Crippen molar-refractivity contribution in [1.29, 1.82) is 0 Å². The minimum absolute atomic E-state index is 0.356. The van der Waals surface area contributed by atoms with Crippen LogP contribution in [0.4, 0.5) is 0 Å². The number of rotatable bonds is 2. The lowest BCUT2D eigenvalue weighted by atomic mass is 10.1. The zero-order valence-electron chi connectivity index (χ0n) is 11.3. The van der Waals surface area contributed by atoms with Gasteiger partial charge in [0.15, 0.2) is 0 Å². The predicted octanol–water partition coefficient (Wildman–Crippen LogP) is 1.63. The maximum absolute atomic E-state index is 12.1. The number of aromatic nitrogens is 2. The fraction of sp³-hybridized carbons (Fsp3) is 0.692. The summed E-state index contributed by atoms with van der Waals surface area (Å²) in [4.78, 5) is 16.5. The van der Waals surface area contributed by atoms with E-state index in [-0.39, 0.29) is 5.97 Å². The van der Waals surface area contributed by atoms with Crippen LogP contribution in [0.15, 0.2) is 0 Å². The zero-order chi connectivity index (χ0) is 13.3. The van der Waals surface area contributed by atoms with E-state index in [1.807, 2.05) is 25.3 Å². The fourth-order valence-electron chi connectivity index (χ4n) is 2.26. The van der Waals surface area contributed by atoms with Crippen LogP contribution in [0.5, 0.6) is 0 Å². The molecular formula is C13H21N3O2. The van der Waals surface area contributed by atoms with Crippen molar-refractivity contribution in [1.82, 2.24) is 9.55 Å². The molecule has 0 aromatic carbocycles. The number of nitrogens with zero attached hydrogens (tertiary/aromatic N) is 2. The number of ether oxygens (including phenoxy) is 1.